The van der Waals surface area contributed by atoms with E-state index in [0.29, 0.717) is 18.0 Å². The molecule has 0 radical (unpaired) electrons. The van der Waals surface area contributed by atoms with Crippen LogP contribution in [0.5, 0.6) is 17.2 Å². The molecule has 166 valence electrons. The summed E-state index contributed by atoms with van der Waals surface area (Å²) < 4.78 is 21.9. The summed E-state index contributed by atoms with van der Waals surface area (Å²) >= 11 is 0. The van der Waals surface area contributed by atoms with E-state index >= 15 is 0 Å². The number of ether oxygens (including phenoxy) is 4. The molecule has 7 nitrogen and oxygen atoms in total. The van der Waals surface area contributed by atoms with Crippen LogP contribution < -0.4 is 14.2 Å². The summed E-state index contributed by atoms with van der Waals surface area (Å²) in [6, 6.07) is 18.9. The number of rotatable bonds is 6. The number of hydrogen-bond acceptors (Lipinski definition) is 6. The minimum atomic E-state index is -0.930. The van der Waals surface area contributed by atoms with Gasteiger partial charge in [0.2, 0.25) is 6.10 Å². The van der Waals surface area contributed by atoms with Crippen molar-refractivity contribution in [2.45, 2.75) is 25.7 Å². The number of carbonyl (C=O) groups is 2. The molecule has 4 rings (SSSR count). The van der Waals surface area contributed by atoms with Gasteiger partial charge in [0.1, 0.15) is 11.9 Å². The van der Waals surface area contributed by atoms with E-state index in [1.807, 2.05) is 42.5 Å². The summed E-state index contributed by atoms with van der Waals surface area (Å²) in [5, 5.41) is 2.11. The van der Waals surface area contributed by atoms with E-state index < -0.39 is 18.2 Å². The lowest BCUT2D eigenvalue weighted by Gasteiger charge is -2.30. The molecule has 0 spiro atoms. The molecule has 3 aromatic rings. The second-order valence-electron chi connectivity index (χ2n) is 7.71. The zero-order valence-corrected chi connectivity index (χ0v) is 18.2. The number of carbonyl (C=O) groups excluding carboxylic acids is 2. The minimum Gasteiger partial charge on any atom is -0.497 e. The summed E-state index contributed by atoms with van der Waals surface area (Å²) in [7, 11) is 3.31. The van der Waals surface area contributed by atoms with Gasteiger partial charge in [-0.15, -0.1) is 0 Å². The average Bonchev–Trinajstić information content (AvgIpc) is 2.81. The molecule has 1 aliphatic rings. The molecule has 0 saturated heterocycles. The van der Waals surface area contributed by atoms with Crippen molar-refractivity contribution in [1.29, 1.82) is 0 Å². The third kappa shape index (κ3) is 4.61. The fourth-order valence-electron chi connectivity index (χ4n) is 3.57. The number of benzene rings is 3. The van der Waals surface area contributed by atoms with Crippen molar-refractivity contribution >= 4 is 22.6 Å². The molecule has 1 heterocycles. The topological polar surface area (TPSA) is 74.3 Å². The molecule has 3 aromatic carbocycles. The maximum Gasteiger partial charge on any atom is 0.351 e. The predicted molar refractivity (Wildman–Crippen MR) is 119 cm³/mol. The van der Waals surface area contributed by atoms with Gasteiger partial charge in [0.05, 0.1) is 7.11 Å². The van der Waals surface area contributed by atoms with E-state index in [0.717, 1.165) is 22.1 Å². The Morgan fingerprint density at radius 2 is 1.66 bits per heavy atom. The van der Waals surface area contributed by atoms with Crippen molar-refractivity contribution in [3.05, 3.63) is 66.2 Å². The average molecular weight is 435 g/mol. The number of fused-ring (bicyclic) bond motifs is 2. The second-order valence-corrected chi connectivity index (χ2v) is 7.71. The Bertz CT molecular complexity index is 1140. The first-order chi connectivity index (χ1) is 15.4. The molecular weight excluding hydrogens is 410 g/mol. The summed E-state index contributed by atoms with van der Waals surface area (Å²) in [6.07, 6.45) is -1.46. The molecule has 1 aliphatic heterocycles. The third-order valence-electron chi connectivity index (χ3n) is 5.37. The third-order valence-corrected chi connectivity index (χ3v) is 5.37. The molecule has 2 unspecified atom stereocenters. The number of para-hydroxylation sites is 2. The highest BCUT2D eigenvalue weighted by Crippen LogP contribution is 2.33. The Morgan fingerprint density at radius 1 is 0.969 bits per heavy atom. The van der Waals surface area contributed by atoms with Crippen LogP contribution in [0.25, 0.3) is 10.8 Å². The van der Waals surface area contributed by atoms with Crippen LogP contribution >= 0.6 is 0 Å². The number of amides is 1. The molecule has 0 aromatic heterocycles. The lowest BCUT2D eigenvalue weighted by molar-refractivity contribution is -0.162. The Hall–Kier alpha value is -3.74. The molecule has 2 atom stereocenters. The highest BCUT2D eigenvalue weighted by atomic mass is 16.6. The standard InChI is InChI=1S/C25H25NO6/c1-16-24(32-22-7-5-4-6-21(22)31-16)25(28)30-15-23(27)26(2)14-17-8-9-19-13-20(29-3)11-10-18(19)12-17/h4-13,16,24H,14-15H2,1-3H3. The van der Waals surface area contributed by atoms with Crippen LogP contribution in [0.3, 0.4) is 0 Å². The van der Waals surface area contributed by atoms with Crippen molar-refractivity contribution in [3.63, 3.8) is 0 Å². The summed E-state index contributed by atoms with van der Waals surface area (Å²) in [5.41, 5.74) is 0.971. The van der Waals surface area contributed by atoms with Gasteiger partial charge in [-0.1, -0.05) is 30.3 Å². The SMILES string of the molecule is COc1ccc2cc(CN(C)C(=O)COC(=O)C3Oc4ccccc4OC3C)ccc2c1. The molecule has 0 aliphatic carbocycles. The van der Waals surface area contributed by atoms with Crippen molar-refractivity contribution in [2.75, 3.05) is 20.8 Å². The minimum absolute atomic E-state index is 0.307. The highest BCUT2D eigenvalue weighted by Gasteiger charge is 2.35. The van der Waals surface area contributed by atoms with Gasteiger partial charge in [-0.05, 0) is 53.6 Å². The molecule has 32 heavy (non-hydrogen) atoms. The van der Waals surface area contributed by atoms with Gasteiger partial charge in [0.15, 0.2) is 18.1 Å². The van der Waals surface area contributed by atoms with Gasteiger partial charge < -0.3 is 23.8 Å². The van der Waals surface area contributed by atoms with Gasteiger partial charge in [-0.2, -0.15) is 0 Å². The molecule has 0 saturated carbocycles. The fourth-order valence-corrected chi connectivity index (χ4v) is 3.57. The Kier molecular flexibility index (Phi) is 6.16. The number of esters is 1. The van der Waals surface area contributed by atoms with Gasteiger partial charge in [0.25, 0.3) is 5.91 Å². The van der Waals surface area contributed by atoms with Crippen molar-refractivity contribution < 1.29 is 28.5 Å². The first-order valence-electron chi connectivity index (χ1n) is 10.3. The van der Waals surface area contributed by atoms with Gasteiger partial charge in [-0.3, -0.25) is 4.79 Å². The number of likely N-dealkylation sites (N-methyl/N-ethyl adjacent to an activating group) is 1. The summed E-state index contributed by atoms with van der Waals surface area (Å²) in [5.74, 6) is 0.912. The van der Waals surface area contributed by atoms with E-state index in [4.69, 9.17) is 18.9 Å². The first-order valence-corrected chi connectivity index (χ1v) is 10.3. The molecule has 0 fully saturated rings. The summed E-state index contributed by atoms with van der Waals surface area (Å²) in [4.78, 5) is 26.5. The Morgan fingerprint density at radius 3 is 2.41 bits per heavy atom. The Balaban J connectivity index is 1.33. The van der Waals surface area contributed by atoms with E-state index in [9.17, 15) is 9.59 Å². The largest absolute Gasteiger partial charge is 0.497 e. The van der Waals surface area contributed by atoms with E-state index in [2.05, 4.69) is 0 Å². The molecular formula is C25H25NO6. The second kappa shape index (κ2) is 9.18. The van der Waals surface area contributed by atoms with Crippen molar-refractivity contribution in [1.82, 2.24) is 4.90 Å². The number of nitrogens with zero attached hydrogens (tertiary/aromatic N) is 1. The van der Waals surface area contributed by atoms with E-state index in [1.165, 1.54) is 4.90 Å². The normalized spacial score (nSPS) is 17.0. The monoisotopic (exact) mass is 435 g/mol. The summed E-state index contributed by atoms with van der Waals surface area (Å²) in [6.45, 7) is 1.75. The van der Waals surface area contributed by atoms with Gasteiger partial charge in [-0.25, -0.2) is 4.79 Å². The maximum atomic E-state index is 12.5. The quantitative estimate of drug-likeness (QED) is 0.551. The van der Waals surface area contributed by atoms with Crippen LogP contribution in [0.4, 0.5) is 0 Å². The first kappa shape index (κ1) is 21.5. The fraction of sp³-hybridized carbons (Fsp3) is 0.280. The van der Waals surface area contributed by atoms with Crippen LogP contribution in [0.1, 0.15) is 12.5 Å². The zero-order chi connectivity index (χ0) is 22.7. The smallest absolute Gasteiger partial charge is 0.351 e. The van der Waals surface area contributed by atoms with Crippen LogP contribution in [0.15, 0.2) is 60.7 Å². The Labute approximate surface area is 186 Å². The predicted octanol–water partition coefficient (Wildman–Crippen LogP) is 3.58. The molecule has 0 bridgehead atoms. The van der Waals surface area contributed by atoms with E-state index in [-0.39, 0.29) is 12.5 Å². The number of hydrogen-bond donors (Lipinski definition) is 0. The maximum absolute atomic E-state index is 12.5. The molecule has 0 N–H and O–H groups in total. The van der Waals surface area contributed by atoms with Crippen LogP contribution in [-0.4, -0.2) is 49.7 Å². The van der Waals surface area contributed by atoms with Crippen LogP contribution in [0.2, 0.25) is 0 Å². The lowest BCUT2D eigenvalue weighted by Crippen LogP contribution is -2.45. The molecule has 7 heteroatoms. The molecule has 1 amide bonds. The van der Waals surface area contributed by atoms with Crippen molar-refractivity contribution in [3.8, 4) is 17.2 Å². The van der Waals surface area contributed by atoms with Crippen LogP contribution in [-0.2, 0) is 20.9 Å². The number of methoxy groups -OCH3 is 1. The highest BCUT2D eigenvalue weighted by molar-refractivity contribution is 5.85. The van der Waals surface area contributed by atoms with Crippen molar-refractivity contribution in [2.24, 2.45) is 0 Å². The lowest BCUT2D eigenvalue weighted by atomic mass is 10.1. The zero-order valence-electron chi connectivity index (χ0n) is 18.2. The van der Waals surface area contributed by atoms with E-state index in [1.54, 1.807) is 39.3 Å². The van der Waals surface area contributed by atoms with Gasteiger partial charge >= 0.3 is 5.97 Å². The van der Waals surface area contributed by atoms with Gasteiger partial charge in [0, 0.05) is 13.6 Å². The van der Waals surface area contributed by atoms with Crippen LogP contribution in [0, 0.1) is 0 Å².